The van der Waals surface area contributed by atoms with Crippen LogP contribution in [0.1, 0.15) is 45.7 Å². The number of anilines is 4. The summed E-state index contributed by atoms with van der Waals surface area (Å²) < 4.78 is 11.1. The third-order valence-electron chi connectivity index (χ3n) is 9.47. The van der Waals surface area contributed by atoms with E-state index >= 15 is 0 Å². The first-order valence-electron chi connectivity index (χ1n) is 19.9. The number of hydrogen-bond donors (Lipinski definition) is 4. The lowest BCUT2D eigenvalue weighted by Crippen LogP contribution is -2.32. The predicted octanol–water partition coefficient (Wildman–Crippen LogP) is 10.4. The van der Waals surface area contributed by atoms with E-state index in [1.54, 1.807) is 24.3 Å². The summed E-state index contributed by atoms with van der Waals surface area (Å²) in [6.07, 6.45) is 1.36. The molecule has 5 rings (SSSR count). The molecule has 16 nitrogen and oxygen atoms in total. The fourth-order valence-electron chi connectivity index (χ4n) is 6.04. The lowest BCUT2D eigenvalue weighted by Gasteiger charge is -2.19. The van der Waals surface area contributed by atoms with E-state index in [0.717, 1.165) is 25.0 Å². The van der Waals surface area contributed by atoms with Crippen molar-refractivity contribution in [2.75, 3.05) is 47.2 Å². The number of Topliss-reactive ketones (excluding diaryl/α,β-unsaturated/α-hetero) is 2. The summed E-state index contributed by atoms with van der Waals surface area (Å²) in [4.78, 5) is 78.5. The Morgan fingerprint density at radius 1 is 0.530 bits per heavy atom. The summed E-state index contributed by atoms with van der Waals surface area (Å²) >= 11 is 24.3. The first kappa shape index (κ1) is 50.3. The number of halogens is 4. The van der Waals surface area contributed by atoms with Gasteiger partial charge in [0, 0.05) is 34.3 Å². The van der Waals surface area contributed by atoms with Crippen LogP contribution in [0.4, 0.5) is 34.1 Å². The molecule has 4 N–H and O–H groups in total. The van der Waals surface area contributed by atoms with E-state index < -0.39 is 47.3 Å². The second kappa shape index (κ2) is 24.0. The topological polar surface area (TPSA) is 218 Å². The van der Waals surface area contributed by atoms with Crippen molar-refractivity contribution in [1.29, 1.82) is 0 Å². The molecular weight excluding hydrogens is 934 g/mol. The highest BCUT2D eigenvalue weighted by molar-refractivity contribution is 6.33. The normalized spacial score (nSPS) is 12.0. The van der Waals surface area contributed by atoms with Gasteiger partial charge in [-0.25, -0.2) is 0 Å². The zero-order valence-corrected chi connectivity index (χ0v) is 38.8. The summed E-state index contributed by atoms with van der Waals surface area (Å²) in [6.45, 7) is 2.28. The average molecular weight is 977 g/mol. The molecule has 5 aromatic rings. The number of ether oxygens (including phenoxy) is 2. The summed E-state index contributed by atoms with van der Waals surface area (Å²) in [5, 5.41) is 26.9. The van der Waals surface area contributed by atoms with Crippen molar-refractivity contribution < 1.29 is 38.2 Å². The van der Waals surface area contributed by atoms with Crippen LogP contribution in [0.2, 0.25) is 10.0 Å². The van der Waals surface area contributed by atoms with Crippen molar-refractivity contribution in [1.82, 2.24) is 0 Å². The Morgan fingerprint density at radius 3 is 1.21 bits per heavy atom. The average Bonchev–Trinajstić information content (AvgIpc) is 3.29. The number of nitrogens with zero attached hydrogens (tertiary/aromatic N) is 4. The summed E-state index contributed by atoms with van der Waals surface area (Å²) in [5.41, 5.74) is 3.53. The predicted molar refractivity (Wildman–Crippen MR) is 255 cm³/mol. The van der Waals surface area contributed by atoms with Crippen LogP contribution in [0, 0.1) is 0 Å². The van der Waals surface area contributed by atoms with Crippen molar-refractivity contribution in [3.63, 3.8) is 0 Å². The van der Waals surface area contributed by atoms with Gasteiger partial charge in [-0.2, -0.15) is 20.5 Å². The number of benzene rings is 5. The lowest BCUT2D eigenvalue weighted by atomic mass is 10.1. The van der Waals surface area contributed by atoms with E-state index in [4.69, 9.17) is 55.9 Å². The standard InChI is InChI=1S/C46H42Cl4N8O8/c1-25(59)39(57-55-37-23-29(9-15-33(37)49)43(61)51-31-11-5-27(6-12-31)19-21-47)45(63)53-35-17-18-36(42(66-4)41(35)65-3)54-46(64)40(26(2)60)58-56-38-24-30(10-16-34(38)50)44(62)52-32-13-7-28(8-14-32)20-22-48/h5-18,23-24,39-40H,19-22H2,1-4H3,(H,51,61)(H,52,62)(H,53,63)(H,54,64). The molecule has 4 amide bonds. The lowest BCUT2D eigenvalue weighted by molar-refractivity contribution is -0.127. The van der Waals surface area contributed by atoms with Crippen LogP contribution in [-0.4, -0.2) is 73.3 Å². The van der Waals surface area contributed by atoms with E-state index in [1.165, 1.54) is 62.8 Å². The van der Waals surface area contributed by atoms with E-state index in [0.29, 0.717) is 36.0 Å². The SMILES string of the molecule is COc1c(NC(=O)C(N=Nc2cc(C(=O)Nc3ccc(CCCl)cc3)ccc2Cl)C(C)=O)ccc(NC(=O)C(N=Nc2cc(C(=O)Nc3ccc(CCCl)cc3)ccc2Cl)C(C)=O)c1OC. The Kier molecular flexibility index (Phi) is 18.3. The number of amides is 4. The zero-order valence-electron chi connectivity index (χ0n) is 35.8. The molecule has 0 fully saturated rings. The zero-order chi connectivity index (χ0) is 47.9. The molecule has 20 heteroatoms. The number of alkyl halides is 2. The van der Waals surface area contributed by atoms with E-state index in [-0.39, 0.29) is 55.4 Å². The first-order chi connectivity index (χ1) is 31.6. The maximum absolute atomic E-state index is 13.5. The van der Waals surface area contributed by atoms with Gasteiger partial charge in [-0.3, -0.25) is 28.8 Å². The molecule has 0 spiro atoms. The maximum Gasteiger partial charge on any atom is 0.258 e. The van der Waals surface area contributed by atoms with Crippen molar-refractivity contribution in [2.45, 2.75) is 38.8 Å². The van der Waals surface area contributed by atoms with E-state index in [9.17, 15) is 28.8 Å². The molecule has 0 radical (unpaired) electrons. The minimum Gasteiger partial charge on any atom is -0.491 e. The number of hydrogen-bond acceptors (Lipinski definition) is 12. The number of ketones is 2. The van der Waals surface area contributed by atoms with Crippen LogP contribution in [0.5, 0.6) is 11.5 Å². The van der Waals surface area contributed by atoms with Gasteiger partial charge in [-0.1, -0.05) is 47.5 Å². The van der Waals surface area contributed by atoms with Crippen LogP contribution < -0.4 is 30.7 Å². The van der Waals surface area contributed by atoms with Crippen LogP contribution >= 0.6 is 46.4 Å². The monoisotopic (exact) mass is 974 g/mol. The second-order valence-electron chi connectivity index (χ2n) is 14.2. The quantitative estimate of drug-likeness (QED) is 0.0333. The Morgan fingerprint density at radius 2 is 0.894 bits per heavy atom. The highest BCUT2D eigenvalue weighted by atomic mass is 35.5. The number of carbonyl (C=O) groups excluding carboxylic acids is 6. The van der Waals surface area contributed by atoms with Gasteiger partial charge >= 0.3 is 0 Å². The van der Waals surface area contributed by atoms with E-state index in [2.05, 4.69) is 41.7 Å². The molecule has 0 saturated heterocycles. The fourth-order valence-corrected chi connectivity index (χ4v) is 6.79. The molecule has 0 aliphatic rings. The number of carbonyl (C=O) groups is 6. The molecular formula is C46H42Cl4N8O8. The molecule has 2 unspecified atom stereocenters. The Labute approximate surface area is 399 Å². The molecule has 342 valence electrons. The largest absolute Gasteiger partial charge is 0.491 e. The Bertz CT molecular complexity index is 2500. The van der Waals surface area contributed by atoms with Crippen molar-refractivity contribution >= 4 is 116 Å². The molecule has 0 heterocycles. The smallest absolute Gasteiger partial charge is 0.258 e. The van der Waals surface area contributed by atoms with Crippen LogP contribution in [0.15, 0.2) is 118 Å². The molecule has 0 aliphatic heterocycles. The molecule has 0 aliphatic carbocycles. The summed E-state index contributed by atoms with van der Waals surface area (Å²) in [6, 6.07) is 22.3. The molecule has 0 aromatic heterocycles. The molecule has 5 aromatic carbocycles. The maximum atomic E-state index is 13.5. The number of nitrogens with one attached hydrogen (secondary N) is 4. The molecule has 0 saturated carbocycles. The third kappa shape index (κ3) is 13.4. The number of rotatable bonds is 20. The molecule has 2 atom stereocenters. The Balaban J connectivity index is 1.29. The highest BCUT2D eigenvalue weighted by Crippen LogP contribution is 2.42. The van der Waals surface area contributed by atoms with Crippen molar-refractivity contribution in [2.24, 2.45) is 20.5 Å². The number of azo groups is 2. The second-order valence-corrected chi connectivity index (χ2v) is 15.7. The van der Waals surface area contributed by atoms with E-state index in [1.807, 2.05) is 24.3 Å². The van der Waals surface area contributed by atoms with Gasteiger partial charge in [0.2, 0.25) is 12.1 Å². The Hall–Kier alpha value is -6.72. The fraction of sp³-hybridized carbons (Fsp3) is 0.217. The molecule has 0 bridgehead atoms. The number of aryl methyl sites for hydroxylation is 2. The van der Waals surface area contributed by atoms with Gasteiger partial charge in [0.15, 0.2) is 23.1 Å². The minimum atomic E-state index is -1.68. The summed E-state index contributed by atoms with van der Waals surface area (Å²) in [5.74, 6) is -3.35. The van der Waals surface area contributed by atoms with Gasteiger partial charge in [0.25, 0.3) is 23.6 Å². The van der Waals surface area contributed by atoms with Gasteiger partial charge in [-0.15, -0.1) is 23.2 Å². The van der Waals surface area contributed by atoms with Gasteiger partial charge in [0.1, 0.15) is 11.4 Å². The van der Waals surface area contributed by atoms with Gasteiger partial charge in [-0.05, 0) is 111 Å². The van der Waals surface area contributed by atoms with Crippen molar-refractivity contribution in [3.05, 3.63) is 129 Å². The van der Waals surface area contributed by atoms with Crippen LogP contribution in [-0.2, 0) is 32.0 Å². The van der Waals surface area contributed by atoms with Gasteiger partial charge < -0.3 is 30.7 Å². The van der Waals surface area contributed by atoms with Crippen LogP contribution in [0.25, 0.3) is 0 Å². The molecule has 66 heavy (non-hydrogen) atoms. The third-order valence-corrected chi connectivity index (χ3v) is 10.5. The highest BCUT2D eigenvalue weighted by Gasteiger charge is 2.28. The summed E-state index contributed by atoms with van der Waals surface area (Å²) in [7, 11) is 2.54. The first-order valence-corrected chi connectivity index (χ1v) is 21.7. The van der Waals surface area contributed by atoms with Crippen molar-refractivity contribution in [3.8, 4) is 11.5 Å². The minimum absolute atomic E-state index is 0.0101. The number of methoxy groups -OCH3 is 2. The van der Waals surface area contributed by atoms with Crippen LogP contribution in [0.3, 0.4) is 0 Å². The van der Waals surface area contributed by atoms with Gasteiger partial charge in [0.05, 0.1) is 35.6 Å².